The van der Waals surface area contributed by atoms with E-state index in [0.29, 0.717) is 29.5 Å². The van der Waals surface area contributed by atoms with Gasteiger partial charge in [-0.15, -0.1) is 0 Å². The number of benzene rings is 1. The lowest BCUT2D eigenvalue weighted by atomic mass is 10.3. The predicted molar refractivity (Wildman–Crippen MR) is 143 cm³/mol. The van der Waals surface area contributed by atoms with E-state index in [0.717, 1.165) is 5.52 Å². The Bertz CT molecular complexity index is 1380. The Balaban J connectivity index is 1.88. The largest absolute Gasteiger partial charge is 0.398 e. The standard InChI is InChI=1S/C20H15Cl7N4O4S/c21-12-7-8-14-13(11-12)31(9-3-4-10-36(32,33)34)16(35-14)6-2-1-5-15-28-17(19(22,23)24)30-18(29-15)20(25,26)27/h1-2,5-8,11H,3-4,9-10H2/p+1. The first-order chi connectivity index (χ1) is 16.6. The second-order valence-corrected chi connectivity index (χ2v) is 13.8. The van der Waals surface area contributed by atoms with Crippen molar-refractivity contribution in [3.8, 4) is 0 Å². The zero-order chi connectivity index (χ0) is 26.7. The first-order valence-electron chi connectivity index (χ1n) is 9.96. The molecule has 2 heterocycles. The van der Waals surface area contributed by atoms with Crippen molar-refractivity contribution >= 4 is 115 Å². The molecule has 0 bridgehead atoms. The number of aryl methyl sites for hydroxylation is 1. The van der Waals surface area contributed by atoms with Crippen molar-refractivity contribution in [1.82, 2.24) is 15.0 Å². The Kier molecular flexibility index (Phi) is 9.80. The van der Waals surface area contributed by atoms with Gasteiger partial charge in [-0.25, -0.2) is 15.0 Å². The molecule has 1 N–H and O–H groups in total. The van der Waals surface area contributed by atoms with E-state index < -0.39 is 17.7 Å². The lowest BCUT2D eigenvalue weighted by Crippen LogP contribution is -2.35. The maximum Gasteiger partial charge on any atom is 0.374 e. The summed E-state index contributed by atoms with van der Waals surface area (Å²) in [6.45, 7) is 0.416. The summed E-state index contributed by atoms with van der Waals surface area (Å²) < 4.78 is 34.7. The molecule has 0 spiro atoms. The van der Waals surface area contributed by atoms with Gasteiger partial charge >= 0.3 is 5.89 Å². The van der Waals surface area contributed by atoms with Gasteiger partial charge in [-0.3, -0.25) is 4.55 Å². The van der Waals surface area contributed by atoms with Crippen molar-refractivity contribution < 1.29 is 22.0 Å². The number of fused-ring (bicyclic) bond motifs is 1. The van der Waals surface area contributed by atoms with E-state index in [1.807, 2.05) is 4.57 Å². The molecule has 0 aliphatic carbocycles. The molecule has 2 aromatic heterocycles. The third-order valence-corrected chi connectivity index (χ3v) is 6.54. The third-order valence-electron chi connectivity index (χ3n) is 4.48. The predicted octanol–water partition coefficient (Wildman–Crippen LogP) is 6.61. The minimum absolute atomic E-state index is 0.0757. The van der Waals surface area contributed by atoms with E-state index in [-0.39, 0.29) is 29.6 Å². The number of oxazole rings is 1. The van der Waals surface area contributed by atoms with Crippen LogP contribution in [0.5, 0.6) is 0 Å². The molecule has 0 aliphatic heterocycles. The van der Waals surface area contributed by atoms with E-state index in [2.05, 4.69) is 15.0 Å². The number of hydrogen-bond acceptors (Lipinski definition) is 6. The Morgan fingerprint density at radius 3 is 2.14 bits per heavy atom. The van der Waals surface area contributed by atoms with Crippen LogP contribution in [0.15, 0.2) is 34.8 Å². The maximum absolute atomic E-state index is 11.0. The summed E-state index contributed by atoms with van der Waals surface area (Å²) in [5.74, 6) is -0.236. The number of hydrogen-bond donors (Lipinski definition) is 1. The fourth-order valence-corrected chi connectivity index (χ4v) is 4.23. The smallest absolute Gasteiger partial charge is 0.374 e. The zero-order valence-electron chi connectivity index (χ0n) is 17.9. The number of unbranched alkanes of at least 4 members (excludes halogenated alkanes) is 1. The average Bonchev–Trinajstić information content (AvgIpc) is 3.08. The van der Waals surface area contributed by atoms with E-state index in [9.17, 15) is 8.42 Å². The summed E-state index contributed by atoms with van der Waals surface area (Å²) in [4.78, 5) is 12.0. The van der Waals surface area contributed by atoms with Crippen LogP contribution < -0.4 is 4.57 Å². The lowest BCUT2D eigenvalue weighted by Gasteiger charge is -2.14. The molecule has 0 amide bonds. The highest BCUT2D eigenvalue weighted by atomic mass is 35.6. The highest BCUT2D eigenvalue weighted by Crippen LogP contribution is 2.39. The number of alkyl halides is 6. The van der Waals surface area contributed by atoms with Crippen molar-refractivity contribution in [2.75, 3.05) is 5.75 Å². The van der Waals surface area contributed by atoms with Crippen LogP contribution in [0.25, 0.3) is 23.3 Å². The van der Waals surface area contributed by atoms with Crippen LogP contribution in [-0.2, 0) is 24.2 Å². The normalized spacial score (nSPS) is 13.4. The molecule has 16 heteroatoms. The second-order valence-electron chi connectivity index (χ2n) is 7.25. The van der Waals surface area contributed by atoms with Crippen LogP contribution in [0, 0.1) is 0 Å². The summed E-state index contributed by atoms with van der Waals surface area (Å²) in [6.07, 6.45) is 7.10. The molecular formula is C20H16Cl7N4O4S+. The topological polar surface area (TPSA) is 110 Å². The number of halogens is 7. The van der Waals surface area contributed by atoms with Crippen LogP contribution in [0.1, 0.15) is 36.2 Å². The summed E-state index contributed by atoms with van der Waals surface area (Å²) in [5.41, 5.74) is 1.30. The molecule has 8 nitrogen and oxygen atoms in total. The van der Waals surface area contributed by atoms with E-state index in [1.54, 1.807) is 36.4 Å². The quantitative estimate of drug-likeness (QED) is 0.0956. The molecule has 36 heavy (non-hydrogen) atoms. The fraction of sp³-hybridized carbons (Fsp3) is 0.300. The monoisotopic (exact) mass is 653 g/mol. The Hall–Kier alpha value is -0.880. The summed E-state index contributed by atoms with van der Waals surface area (Å²) >= 11 is 41.4. The number of allylic oxidation sites excluding steroid dienone is 2. The fourth-order valence-electron chi connectivity index (χ4n) is 2.98. The molecule has 0 fully saturated rings. The Morgan fingerprint density at radius 1 is 0.944 bits per heavy atom. The minimum atomic E-state index is -4.04. The lowest BCUT2D eigenvalue weighted by molar-refractivity contribution is -0.678. The van der Waals surface area contributed by atoms with E-state index >= 15 is 0 Å². The molecule has 0 saturated heterocycles. The van der Waals surface area contributed by atoms with Gasteiger partial charge in [-0.2, -0.15) is 13.0 Å². The van der Waals surface area contributed by atoms with Crippen LogP contribution in [0.4, 0.5) is 0 Å². The summed E-state index contributed by atoms with van der Waals surface area (Å²) in [5, 5.41) is 0.509. The van der Waals surface area contributed by atoms with Gasteiger partial charge in [0.15, 0.2) is 24.0 Å². The second kappa shape index (κ2) is 11.9. The Labute approximate surface area is 241 Å². The molecule has 0 radical (unpaired) electrons. The number of aromatic nitrogens is 4. The minimum Gasteiger partial charge on any atom is -0.398 e. The van der Waals surface area contributed by atoms with Crippen molar-refractivity contribution in [3.05, 3.63) is 58.7 Å². The Morgan fingerprint density at radius 2 is 1.56 bits per heavy atom. The molecule has 1 aromatic carbocycles. The van der Waals surface area contributed by atoms with E-state index in [4.69, 9.17) is 90.2 Å². The number of nitrogens with zero attached hydrogens (tertiary/aromatic N) is 4. The highest BCUT2D eigenvalue weighted by molar-refractivity contribution is 7.85. The molecular weight excluding hydrogens is 640 g/mol. The average molecular weight is 657 g/mol. The van der Waals surface area contributed by atoms with Gasteiger partial charge in [-0.05, 0) is 24.6 Å². The van der Waals surface area contributed by atoms with Crippen LogP contribution in [0.2, 0.25) is 5.02 Å². The van der Waals surface area contributed by atoms with Crippen molar-refractivity contribution in [2.24, 2.45) is 0 Å². The molecule has 0 unspecified atom stereocenters. The van der Waals surface area contributed by atoms with Gasteiger partial charge < -0.3 is 4.42 Å². The van der Waals surface area contributed by atoms with Crippen molar-refractivity contribution in [3.63, 3.8) is 0 Å². The number of rotatable bonds is 8. The molecule has 3 rings (SSSR count). The van der Waals surface area contributed by atoms with Gasteiger partial charge in [0.1, 0.15) is 0 Å². The molecule has 0 atom stereocenters. The maximum atomic E-state index is 11.0. The zero-order valence-corrected chi connectivity index (χ0v) is 24.0. The van der Waals surface area contributed by atoms with Crippen molar-refractivity contribution in [1.29, 1.82) is 0 Å². The molecule has 194 valence electrons. The van der Waals surface area contributed by atoms with Gasteiger partial charge in [-0.1, -0.05) is 93.4 Å². The third kappa shape index (κ3) is 8.58. The summed E-state index contributed by atoms with van der Waals surface area (Å²) in [7, 11) is -4.04. The van der Waals surface area contributed by atoms with Gasteiger partial charge in [0, 0.05) is 17.5 Å². The molecule has 3 aromatic rings. The van der Waals surface area contributed by atoms with E-state index in [1.165, 1.54) is 6.08 Å². The highest BCUT2D eigenvalue weighted by Gasteiger charge is 2.33. The molecule has 0 saturated carbocycles. The van der Waals surface area contributed by atoms with Crippen molar-refractivity contribution in [2.45, 2.75) is 27.0 Å². The SMILES string of the molecule is O=S(=O)(O)CCCC[n+]1c(C=CC=Cc2nc(C(Cl)(Cl)Cl)nc(C(Cl)(Cl)Cl)n2)oc2ccc(Cl)cc21. The van der Waals surface area contributed by atoms with Gasteiger partial charge in [0.05, 0.1) is 11.8 Å². The van der Waals surface area contributed by atoms with Crippen LogP contribution in [-0.4, -0.2) is 33.7 Å². The summed E-state index contributed by atoms with van der Waals surface area (Å²) in [6, 6.07) is 5.15. The van der Waals surface area contributed by atoms with Gasteiger partial charge in [0.25, 0.3) is 15.6 Å². The molecule has 0 aliphatic rings. The van der Waals surface area contributed by atoms with Gasteiger partial charge in [0.2, 0.25) is 13.2 Å². The van der Waals surface area contributed by atoms with Crippen LogP contribution in [0.3, 0.4) is 0 Å². The first-order valence-corrected chi connectivity index (χ1v) is 14.2. The van der Waals surface area contributed by atoms with Crippen LogP contribution >= 0.6 is 81.2 Å². The first kappa shape index (κ1) is 29.7.